The van der Waals surface area contributed by atoms with Crippen LogP contribution in [0.3, 0.4) is 0 Å². The fraction of sp³-hybridized carbons (Fsp3) is 0.120. The lowest BCUT2D eigenvalue weighted by Gasteiger charge is -2.12. The summed E-state index contributed by atoms with van der Waals surface area (Å²) in [5, 5.41) is 0. The van der Waals surface area contributed by atoms with Gasteiger partial charge in [0.1, 0.15) is 5.71 Å². The number of hydrogen-bond donors (Lipinski definition) is 0. The van der Waals surface area contributed by atoms with Crippen LogP contribution in [0.5, 0.6) is 0 Å². The molecule has 0 unspecified atom stereocenters. The van der Waals surface area contributed by atoms with Crippen LogP contribution in [0, 0.1) is 6.92 Å². The molecule has 4 aromatic rings. The fourth-order valence-electron chi connectivity index (χ4n) is 4.20. The first kappa shape index (κ1) is 17.4. The predicted molar refractivity (Wildman–Crippen MR) is 118 cm³/mol. The molecule has 2 aromatic carbocycles. The molecular formula is C25H21N3O. The summed E-state index contributed by atoms with van der Waals surface area (Å²) < 4.78 is 2.16. The summed E-state index contributed by atoms with van der Waals surface area (Å²) in [6.45, 7) is 4.70. The van der Waals surface area contributed by atoms with Crippen molar-refractivity contribution in [1.29, 1.82) is 0 Å². The molecule has 0 aliphatic carbocycles. The first-order chi connectivity index (χ1) is 14.2. The molecule has 4 heteroatoms. The van der Waals surface area contributed by atoms with Crippen LogP contribution in [-0.4, -0.2) is 22.6 Å². The normalized spacial score (nSPS) is 14.8. The average Bonchev–Trinajstić information content (AvgIpc) is 3.20. The van der Waals surface area contributed by atoms with E-state index in [4.69, 9.17) is 4.99 Å². The number of likely N-dealkylation sites (N-methyl/N-ethyl adjacent to an activating group) is 1. The minimum Gasteiger partial charge on any atom is -0.314 e. The van der Waals surface area contributed by atoms with E-state index in [0.29, 0.717) is 12.3 Å². The Morgan fingerprint density at radius 2 is 1.62 bits per heavy atom. The van der Waals surface area contributed by atoms with Gasteiger partial charge < -0.3 is 9.30 Å². The number of fused-ring (bicyclic) bond motifs is 2. The van der Waals surface area contributed by atoms with Crippen molar-refractivity contribution in [3.63, 3.8) is 0 Å². The highest BCUT2D eigenvalue weighted by atomic mass is 16.2. The summed E-state index contributed by atoms with van der Waals surface area (Å²) in [4.78, 5) is 19.9. The van der Waals surface area contributed by atoms with Crippen LogP contribution < -0.4 is 4.90 Å². The monoisotopic (exact) mass is 379 g/mol. The van der Waals surface area contributed by atoms with Crippen molar-refractivity contribution in [3.8, 4) is 11.3 Å². The van der Waals surface area contributed by atoms with Gasteiger partial charge in [0.15, 0.2) is 0 Å². The minimum atomic E-state index is -0.0374. The molecule has 1 amide bonds. The van der Waals surface area contributed by atoms with E-state index in [0.717, 1.165) is 39.3 Å². The number of nitrogens with zero attached hydrogens (tertiary/aromatic N) is 3. The number of amides is 1. The molecule has 0 radical (unpaired) electrons. The third-order valence-corrected chi connectivity index (χ3v) is 5.54. The molecular weight excluding hydrogens is 358 g/mol. The van der Waals surface area contributed by atoms with E-state index in [1.807, 2.05) is 61.5 Å². The summed E-state index contributed by atoms with van der Waals surface area (Å²) in [7, 11) is 0. The van der Waals surface area contributed by atoms with Crippen LogP contribution in [0.25, 0.3) is 16.8 Å². The standard InChI is InChI=1S/C25H21N3O/c1-3-27-20-14-8-7-13-19(20)23(25(27)29)26-22-17(2)24(18-11-5-4-6-12-18)28-16-10-9-15-21(22)28/h4-16H,3H2,1-2H3. The molecule has 1 aliphatic rings. The van der Waals surface area contributed by atoms with E-state index < -0.39 is 0 Å². The maximum absolute atomic E-state index is 13.1. The molecule has 29 heavy (non-hydrogen) atoms. The third kappa shape index (κ3) is 2.60. The Kier molecular flexibility index (Phi) is 4.06. The Morgan fingerprint density at radius 3 is 2.41 bits per heavy atom. The van der Waals surface area contributed by atoms with Crippen LogP contribution in [0.15, 0.2) is 84.0 Å². The van der Waals surface area contributed by atoms with Crippen LogP contribution in [0.4, 0.5) is 11.4 Å². The molecule has 0 bridgehead atoms. The van der Waals surface area contributed by atoms with Gasteiger partial charge in [0, 0.05) is 23.9 Å². The summed E-state index contributed by atoms with van der Waals surface area (Å²) in [6.07, 6.45) is 2.05. The lowest BCUT2D eigenvalue weighted by Crippen LogP contribution is -2.29. The summed E-state index contributed by atoms with van der Waals surface area (Å²) in [5.74, 6) is -0.0374. The van der Waals surface area contributed by atoms with Gasteiger partial charge in [-0.05, 0) is 37.6 Å². The Morgan fingerprint density at radius 1 is 0.897 bits per heavy atom. The maximum Gasteiger partial charge on any atom is 0.277 e. The molecule has 0 saturated heterocycles. The van der Waals surface area contributed by atoms with Crippen molar-refractivity contribution in [2.24, 2.45) is 4.99 Å². The molecule has 0 saturated carbocycles. The summed E-state index contributed by atoms with van der Waals surface area (Å²) in [5.41, 5.74) is 7.49. The number of para-hydroxylation sites is 1. The lowest BCUT2D eigenvalue weighted by molar-refractivity contribution is -0.112. The predicted octanol–water partition coefficient (Wildman–Crippen LogP) is 5.40. The SMILES string of the molecule is CCN1C(=O)C(=Nc2c(C)c(-c3ccccc3)n3ccccc23)c2ccccc21. The number of aromatic nitrogens is 1. The molecule has 1 aliphatic heterocycles. The minimum absolute atomic E-state index is 0.0374. The van der Waals surface area contributed by atoms with Gasteiger partial charge in [-0.1, -0.05) is 54.6 Å². The Hall–Kier alpha value is -3.66. The van der Waals surface area contributed by atoms with Crippen LogP contribution in [-0.2, 0) is 4.79 Å². The van der Waals surface area contributed by atoms with E-state index in [-0.39, 0.29) is 5.91 Å². The van der Waals surface area contributed by atoms with E-state index >= 15 is 0 Å². The van der Waals surface area contributed by atoms with Crippen molar-refractivity contribution < 1.29 is 4.79 Å². The van der Waals surface area contributed by atoms with Crippen LogP contribution in [0.2, 0.25) is 0 Å². The summed E-state index contributed by atoms with van der Waals surface area (Å²) in [6, 6.07) is 24.3. The number of aliphatic imine (C=N–C) groups is 1. The van der Waals surface area contributed by atoms with Gasteiger partial charge in [0.05, 0.1) is 22.6 Å². The number of carbonyl (C=O) groups excluding carboxylic acids is 1. The fourth-order valence-corrected chi connectivity index (χ4v) is 4.20. The molecule has 142 valence electrons. The smallest absolute Gasteiger partial charge is 0.277 e. The second kappa shape index (κ2) is 6.74. The van der Waals surface area contributed by atoms with Gasteiger partial charge >= 0.3 is 0 Å². The summed E-state index contributed by atoms with van der Waals surface area (Å²) >= 11 is 0. The number of rotatable bonds is 3. The van der Waals surface area contributed by atoms with E-state index in [1.165, 1.54) is 0 Å². The first-order valence-electron chi connectivity index (χ1n) is 9.85. The maximum atomic E-state index is 13.1. The van der Waals surface area contributed by atoms with Gasteiger partial charge in [0.25, 0.3) is 5.91 Å². The van der Waals surface area contributed by atoms with E-state index in [1.54, 1.807) is 4.90 Å². The second-order valence-corrected chi connectivity index (χ2v) is 7.17. The van der Waals surface area contributed by atoms with Crippen molar-refractivity contribution in [2.75, 3.05) is 11.4 Å². The van der Waals surface area contributed by atoms with Gasteiger partial charge in [-0.15, -0.1) is 0 Å². The number of carbonyl (C=O) groups is 1. The largest absolute Gasteiger partial charge is 0.314 e. The molecule has 0 fully saturated rings. The molecule has 0 spiro atoms. The highest BCUT2D eigenvalue weighted by Crippen LogP contribution is 2.39. The van der Waals surface area contributed by atoms with Crippen molar-refractivity contribution >= 4 is 28.5 Å². The molecule has 0 N–H and O–H groups in total. The highest BCUT2D eigenvalue weighted by Gasteiger charge is 2.33. The number of hydrogen-bond acceptors (Lipinski definition) is 2. The highest BCUT2D eigenvalue weighted by molar-refractivity contribution is 6.54. The first-order valence-corrected chi connectivity index (χ1v) is 9.85. The number of pyridine rings is 1. The Balaban J connectivity index is 1.78. The topological polar surface area (TPSA) is 37.1 Å². The lowest BCUT2D eigenvalue weighted by atomic mass is 10.1. The number of anilines is 1. The van der Waals surface area contributed by atoms with Gasteiger partial charge in [-0.25, -0.2) is 4.99 Å². The van der Waals surface area contributed by atoms with Crippen molar-refractivity contribution in [2.45, 2.75) is 13.8 Å². The molecule has 3 heterocycles. The molecule has 0 atom stereocenters. The van der Waals surface area contributed by atoms with Crippen molar-refractivity contribution in [3.05, 3.63) is 90.1 Å². The van der Waals surface area contributed by atoms with Gasteiger partial charge in [-0.3, -0.25) is 4.79 Å². The zero-order valence-corrected chi connectivity index (χ0v) is 16.5. The number of benzene rings is 2. The van der Waals surface area contributed by atoms with Crippen LogP contribution in [0.1, 0.15) is 18.1 Å². The van der Waals surface area contributed by atoms with Gasteiger partial charge in [0.2, 0.25) is 0 Å². The van der Waals surface area contributed by atoms with E-state index in [9.17, 15) is 4.79 Å². The Labute approximate surface area is 169 Å². The van der Waals surface area contributed by atoms with Crippen molar-refractivity contribution in [1.82, 2.24) is 4.40 Å². The van der Waals surface area contributed by atoms with E-state index in [2.05, 4.69) is 35.7 Å². The quantitative estimate of drug-likeness (QED) is 0.469. The van der Waals surface area contributed by atoms with Gasteiger partial charge in [-0.2, -0.15) is 0 Å². The Bertz CT molecular complexity index is 1270. The zero-order chi connectivity index (χ0) is 20.0. The third-order valence-electron chi connectivity index (χ3n) is 5.54. The van der Waals surface area contributed by atoms with Crippen LogP contribution >= 0.6 is 0 Å². The molecule has 5 rings (SSSR count). The second-order valence-electron chi connectivity index (χ2n) is 7.17. The molecule has 4 nitrogen and oxygen atoms in total. The zero-order valence-electron chi connectivity index (χ0n) is 16.5. The molecule has 2 aromatic heterocycles. The average molecular weight is 379 g/mol.